The van der Waals surface area contributed by atoms with E-state index in [4.69, 9.17) is 5.11 Å². The van der Waals surface area contributed by atoms with Gasteiger partial charge in [-0.15, -0.1) is 0 Å². The maximum absolute atomic E-state index is 10.9. The van der Waals surface area contributed by atoms with Crippen molar-refractivity contribution in [1.82, 2.24) is 5.32 Å². The van der Waals surface area contributed by atoms with E-state index in [-0.39, 0.29) is 6.61 Å². The molecule has 1 atom stereocenters. The monoisotopic (exact) mass is 201 g/mol. The lowest BCUT2D eigenvalue weighted by atomic mass is 10.2. The number of carboxylic acids is 1. The number of carbonyl (C=O) groups excluding carboxylic acids is 1. The van der Waals surface area contributed by atoms with Crippen LogP contribution in [0.15, 0.2) is 12.7 Å². The van der Waals surface area contributed by atoms with E-state index in [1.807, 2.05) is 6.92 Å². The van der Waals surface area contributed by atoms with Gasteiger partial charge in [-0.2, -0.15) is 0 Å². The highest BCUT2D eigenvalue weighted by atomic mass is 16.5. The zero-order valence-corrected chi connectivity index (χ0v) is 8.16. The van der Waals surface area contributed by atoms with Crippen LogP contribution in [-0.4, -0.2) is 29.8 Å². The standard InChI is InChI=1S/C9H15NO4/c1-3-5-7(8(11)12)10-9(13)14-6-4-2/h4,7H,2-3,5-6H2,1H3,(H,10,13)(H,11,12)/t7-/m0/s1. The van der Waals surface area contributed by atoms with Crippen molar-refractivity contribution in [3.63, 3.8) is 0 Å². The summed E-state index contributed by atoms with van der Waals surface area (Å²) < 4.78 is 4.59. The van der Waals surface area contributed by atoms with E-state index >= 15 is 0 Å². The first kappa shape index (κ1) is 12.5. The highest BCUT2D eigenvalue weighted by molar-refractivity contribution is 5.79. The largest absolute Gasteiger partial charge is 0.480 e. The number of hydrogen-bond acceptors (Lipinski definition) is 3. The average Bonchev–Trinajstić information content (AvgIpc) is 2.14. The Morgan fingerprint density at radius 1 is 1.64 bits per heavy atom. The minimum Gasteiger partial charge on any atom is -0.480 e. The summed E-state index contributed by atoms with van der Waals surface area (Å²) in [6.07, 6.45) is 1.75. The van der Waals surface area contributed by atoms with E-state index in [2.05, 4.69) is 16.6 Å². The number of amides is 1. The number of alkyl carbamates (subject to hydrolysis) is 1. The number of hydrogen-bond donors (Lipinski definition) is 2. The van der Waals surface area contributed by atoms with E-state index in [1.54, 1.807) is 0 Å². The second kappa shape index (κ2) is 6.94. The van der Waals surface area contributed by atoms with Crippen LogP contribution in [0.4, 0.5) is 4.79 Å². The minimum atomic E-state index is -1.05. The Hall–Kier alpha value is -1.52. The van der Waals surface area contributed by atoms with Crippen molar-refractivity contribution < 1.29 is 19.4 Å². The van der Waals surface area contributed by atoms with Gasteiger partial charge in [0.15, 0.2) is 0 Å². The third-order valence-electron chi connectivity index (χ3n) is 1.50. The molecule has 0 unspecified atom stereocenters. The fourth-order valence-corrected chi connectivity index (χ4v) is 0.865. The molecule has 0 aromatic carbocycles. The van der Waals surface area contributed by atoms with Crippen molar-refractivity contribution in [2.75, 3.05) is 6.61 Å². The van der Waals surface area contributed by atoms with Crippen LogP contribution >= 0.6 is 0 Å². The number of ether oxygens (including phenoxy) is 1. The number of aliphatic carboxylic acids is 1. The third-order valence-corrected chi connectivity index (χ3v) is 1.50. The maximum Gasteiger partial charge on any atom is 0.408 e. The van der Waals surface area contributed by atoms with Gasteiger partial charge in [0.25, 0.3) is 0 Å². The molecule has 0 heterocycles. The molecule has 1 amide bonds. The predicted molar refractivity (Wildman–Crippen MR) is 51.0 cm³/mol. The maximum atomic E-state index is 10.9. The molecule has 0 radical (unpaired) electrons. The predicted octanol–water partition coefficient (Wildman–Crippen LogP) is 1.15. The highest BCUT2D eigenvalue weighted by Crippen LogP contribution is 1.97. The Kier molecular flexibility index (Phi) is 6.19. The smallest absolute Gasteiger partial charge is 0.408 e. The molecule has 80 valence electrons. The van der Waals surface area contributed by atoms with Gasteiger partial charge in [0.05, 0.1) is 0 Å². The van der Waals surface area contributed by atoms with Gasteiger partial charge in [0, 0.05) is 0 Å². The summed E-state index contributed by atoms with van der Waals surface area (Å²) in [5.41, 5.74) is 0. The lowest BCUT2D eigenvalue weighted by molar-refractivity contribution is -0.139. The zero-order valence-electron chi connectivity index (χ0n) is 8.16. The number of nitrogens with one attached hydrogen (secondary N) is 1. The van der Waals surface area contributed by atoms with Crippen molar-refractivity contribution in [2.45, 2.75) is 25.8 Å². The van der Waals surface area contributed by atoms with Crippen molar-refractivity contribution >= 4 is 12.1 Å². The molecule has 0 saturated heterocycles. The molecular weight excluding hydrogens is 186 g/mol. The first-order valence-corrected chi connectivity index (χ1v) is 4.38. The van der Waals surface area contributed by atoms with Crippen LogP contribution in [0.5, 0.6) is 0 Å². The van der Waals surface area contributed by atoms with Crippen molar-refractivity contribution in [1.29, 1.82) is 0 Å². The average molecular weight is 201 g/mol. The minimum absolute atomic E-state index is 0.0737. The van der Waals surface area contributed by atoms with Gasteiger partial charge in [0.2, 0.25) is 0 Å². The summed E-state index contributed by atoms with van der Waals surface area (Å²) in [5, 5.41) is 10.9. The van der Waals surface area contributed by atoms with Crippen LogP contribution in [0.2, 0.25) is 0 Å². The fraction of sp³-hybridized carbons (Fsp3) is 0.556. The molecule has 5 heteroatoms. The topological polar surface area (TPSA) is 75.6 Å². The summed E-state index contributed by atoms with van der Waals surface area (Å²) in [7, 11) is 0. The molecular formula is C9H15NO4. The second-order valence-corrected chi connectivity index (χ2v) is 2.71. The van der Waals surface area contributed by atoms with E-state index in [1.165, 1.54) is 6.08 Å². The van der Waals surface area contributed by atoms with Crippen LogP contribution in [0.1, 0.15) is 19.8 Å². The Balaban J connectivity index is 3.95. The van der Waals surface area contributed by atoms with Crippen molar-refractivity contribution in [2.24, 2.45) is 0 Å². The highest BCUT2D eigenvalue weighted by Gasteiger charge is 2.18. The number of carbonyl (C=O) groups is 2. The van der Waals surface area contributed by atoms with Crippen LogP contribution in [0, 0.1) is 0 Å². The molecule has 0 aliphatic carbocycles. The molecule has 0 fully saturated rings. The molecule has 2 N–H and O–H groups in total. The quantitative estimate of drug-likeness (QED) is 0.632. The van der Waals surface area contributed by atoms with Gasteiger partial charge in [-0.05, 0) is 6.42 Å². The molecule has 0 rings (SSSR count). The molecule has 0 aromatic rings. The Labute approximate surface area is 82.7 Å². The van der Waals surface area contributed by atoms with Gasteiger partial charge >= 0.3 is 12.1 Å². The van der Waals surface area contributed by atoms with E-state index in [0.717, 1.165) is 0 Å². The summed E-state index contributed by atoms with van der Waals surface area (Å²) in [6, 6.07) is -0.877. The van der Waals surface area contributed by atoms with Gasteiger partial charge in [0.1, 0.15) is 12.6 Å². The SMILES string of the molecule is C=CCOC(=O)N[C@@H](CCC)C(=O)O. The Morgan fingerprint density at radius 2 is 2.29 bits per heavy atom. The van der Waals surface area contributed by atoms with Crippen LogP contribution in [-0.2, 0) is 9.53 Å². The summed E-state index contributed by atoms with van der Waals surface area (Å²) in [6.45, 7) is 5.28. The van der Waals surface area contributed by atoms with Gasteiger partial charge < -0.3 is 15.2 Å². The first-order chi connectivity index (χ1) is 6.61. The van der Waals surface area contributed by atoms with Gasteiger partial charge in [-0.1, -0.05) is 26.0 Å². The number of carboxylic acid groups (broad SMARTS) is 1. The van der Waals surface area contributed by atoms with Crippen LogP contribution in [0.3, 0.4) is 0 Å². The fourth-order valence-electron chi connectivity index (χ4n) is 0.865. The van der Waals surface area contributed by atoms with Crippen molar-refractivity contribution in [3.05, 3.63) is 12.7 Å². The van der Waals surface area contributed by atoms with E-state index in [0.29, 0.717) is 12.8 Å². The normalized spacial score (nSPS) is 11.5. The molecule has 14 heavy (non-hydrogen) atoms. The summed E-state index contributed by atoms with van der Waals surface area (Å²) in [4.78, 5) is 21.6. The number of rotatable bonds is 6. The molecule has 5 nitrogen and oxygen atoms in total. The lowest BCUT2D eigenvalue weighted by Crippen LogP contribution is -2.40. The molecule has 0 bridgehead atoms. The molecule has 0 aliphatic rings. The van der Waals surface area contributed by atoms with Crippen LogP contribution < -0.4 is 5.32 Å². The van der Waals surface area contributed by atoms with Crippen molar-refractivity contribution in [3.8, 4) is 0 Å². The summed E-state index contributed by atoms with van der Waals surface area (Å²) in [5.74, 6) is -1.05. The molecule has 0 saturated carbocycles. The molecule has 0 spiro atoms. The van der Waals surface area contributed by atoms with Crippen LogP contribution in [0.25, 0.3) is 0 Å². The summed E-state index contributed by atoms with van der Waals surface area (Å²) >= 11 is 0. The van der Waals surface area contributed by atoms with E-state index < -0.39 is 18.1 Å². The Bertz CT molecular complexity index is 215. The molecule has 0 aliphatic heterocycles. The first-order valence-electron chi connectivity index (χ1n) is 4.38. The third kappa shape index (κ3) is 5.18. The second-order valence-electron chi connectivity index (χ2n) is 2.71. The van der Waals surface area contributed by atoms with Gasteiger partial charge in [-0.25, -0.2) is 9.59 Å². The van der Waals surface area contributed by atoms with Gasteiger partial charge in [-0.3, -0.25) is 0 Å². The molecule has 0 aromatic heterocycles. The zero-order chi connectivity index (χ0) is 11.0. The lowest BCUT2D eigenvalue weighted by Gasteiger charge is -2.12. The Morgan fingerprint density at radius 3 is 2.71 bits per heavy atom. The van der Waals surface area contributed by atoms with E-state index in [9.17, 15) is 9.59 Å².